The molecule has 1 heterocycles. The van der Waals surface area contributed by atoms with Crippen molar-refractivity contribution in [1.82, 2.24) is 15.5 Å². The number of ketones is 1. The molecule has 9 heteroatoms. The Morgan fingerprint density at radius 3 is 2.74 bits per heavy atom. The highest BCUT2D eigenvalue weighted by Gasteiger charge is 2.68. The third-order valence-corrected chi connectivity index (χ3v) is 5.41. The molecule has 3 fully saturated rings. The molecule has 0 saturated heterocycles. The number of ether oxygens (including phenoxy) is 1. The molecule has 0 radical (unpaired) electrons. The van der Waals surface area contributed by atoms with E-state index in [-0.39, 0.29) is 45.9 Å². The van der Waals surface area contributed by atoms with Gasteiger partial charge >= 0.3 is 0 Å². The second-order valence-electron chi connectivity index (χ2n) is 7.47. The Balaban J connectivity index is 1.23. The first-order valence-electron chi connectivity index (χ1n) is 8.51. The second-order valence-corrected chi connectivity index (χ2v) is 7.88. The fourth-order valence-electron chi connectivity index (χ4n) is 4.19. The van der Waals surface area contributed by atoms with Crippen LogP contribution in [0.4, 0.5) is 4.39 Å². The van der Waals surface area contributed by atoms with Gasteiger partial charge in [-0.25, -0.2) is 4.39 Å². The first kappa shape index (κ1) is 17.9. The molecule has 7 nitrogen and oxygen atoms in total. The highest BCUT2D eigenvalue weighted by molar-refractivity contribution is 6.30. The predicted octanol–water partition coefficient (Wildman–Crippen LogP) is 2.86. The van der Waals surface area contributed by atoms with Gasteiger partial charge in [0.15, 0.2) is 12.4 Å². The second kappa shape index (κ2) is 6.30. The third kappa shape index (κ3) is 3.41. The smallest absolute Gasteiger partial charge is 0.293 e. The minimum Gasteiger partial charge on any atom is -0.484 e. The van der Waals surface area contributed by atoms with Crippen molar-refractivity contribution in [1.29, 1.82) is 0 Å². The van der Waals surface area contributed by atoms with E-state index in [2.05, 4.69) is 15.5 Å². The van der Waals surface area contributed by atoms with Crippen LogP contribution in [0.1, 0.15) is 42.2 Å². The highest BCUT2D eigenvalue weighted by atomic mass is 35.5. The van der Waals surface area contributed by atoms with Crippen molar-refractivity contribution in [2.24, 2.45) is 5.41 Å². The van der Waals surface area contributed by atoms with Crippen LogP contribution < -0.4 is 10.1 Å². The molecule has 2 aromatic rings. The number of hydrogen-bond donors (Lipinski definition) is 1. The minimum absolute atomic E-state index is 0.00352. The van der Waals surface area contributed by atoms with Crippen molar-refractivity contribution in [2.45, 2.75) is 38.1 Å². The van der Waals surface area contributed by atoms with Crippen LogP contribution in [0.25, 0.3) is 0 Å². The molecule has 3 aliphatic rings. The van der Waals surface area contributed by atoms with E-state index in [1.165, 1.54) is 12.1 Å². The first-order chi connectivity index (χ1) is 12.8. The molecule has 2 bridgehead atoms. The maximum Gasteiger partial charge on any atom is 0.293 e. The fourth-order valence-corrected chi connectivity index (χ4v) is 4.31. The van der Waals surface area contributed by atoms with E-state index in [1.807, 2.05) is 0 Å². The van der Waals surface area contributed by atoms with Gasteiger partial charge in [0.05, 0.1) is 5.02 Å². The molecule has 1 N–H and O–H groups in total. The summed E-state index contributed by atoms with van der Waals surface area (Å²) in [6.45, 7) is 1.45. The standard InChI is InChI=1S/C18H17ClFN3O4/c1-10-21-16(27-23-10)14(24)5-17-7-18(8-17,9-17)22-15(25)6-26-11-2-3-12(19)13(20)4-11/h2-4H,5-9H2,1H3,(H,22,25). The lowest BCUT2D eigenvalue weighted by atomic mass is 9.38. The van der Waals surface area contributed by atoms with Crippen LogP contribution in [-0.2, 0) is 4.79 Å². The summed E-state index contributed by atoms with van der Waals surface area (Å²) in [5.74, 6) is -0.335. The Labute approximate surface area is 159 Å². The first-order valence-corrected chi connectivity index (χ1v) is 8.88. The van der Waals surface area contributed by atoms with Gasteiger partial charge in [-0.2, -0.15) is 4.98 Å². The van der Waals surface area contributed by atoms with E-state index in [4.69, 9.17) is 20.9 Å². The number of amides is 1. The van der Waals surface area contributed by atoms with Gasteiger partial charge in [0, 0.05) is 18.0 Å². The highest BCUT2D eigenvalue weighted by Crippen LogP contribution is 2.69. The zero-order chi connectivity index (χ0) is 19.2. The van der Waals surface area contributed by atoms with Gasteiger partial charge in [0.25, 0.3) is 11.8 Å². The van der Waals surface area contributed by atoms with Crippen molar-refractivity contribution in [3.63, 3.8) is 0 Å². The molecule has 0 spiro atoms. The summed E-state index contributed by atoms with van der Waals surface area (Å²) in [7, 11) is 0. The molecule has 0 atom stereocenters. The lowest BCUT2D eigenvalue weighted by molar-refractivity contribution is -0.164. The number of nitrogens with one attached hydrogen (secondary N) is 1. The number of halogens is 2. The van der Waals surface area contributed by atoms with E-state index in [0.717, 1.165) is 25.3 Å². The molecule has 3 saturated carbocycles. The Hall–Kier alpha value is -2.48. The van der Waals surface area contributed by atoms with Crippen LogP contribution in [0.5, 0.6) is 5.75 Å². The molecule has 0 unspecified atom stereocenters. The third-order valence-electron chi connectivity index (χ3n) is 5.11. The molecule has 3 aliphatic carbocycles. The van der Waals surface area contributed by atoms with Crippen LogP contribution in [0.15, 0.2) is 22.7 Å². The maximum atomic E-state index is 13.4. The Bertz CT molecular complexity index is 909. The monoisotopic (exact) mass is 393 g/mol. The van der Waals surface area contributed by atoms with Gasteiger partial charge < -0.3 is 14.6 Å². The van der Waals surface area contributed by atoms with Gasteiger partial charge in [0.2, 0.25) is 5.78 Å². The van der Waals surface area contributed by atoms with Crippen LogP contribution in [0.3, 0.4) is 0 Å². The average Bonchev–Trinajstić information content (AvgIpc) is 2.99. The van der Waals surface area contributed by atoms with Crippen molar-refractivity contribution in [3.8, 4) is 5.75 Å². The summed E-state index contributed by atoms with van der Waals surface area (Å²) in [6, 6.07) is 4.01. The number of hydrogen-bond acceptors (Lipinski definition) is 6. The van der Waals surface area contributed by atoms with Crippen LogP contribution in [0.2, 0.25) is 5.02 Å². The van der Waals surface area contributed by atoms with Crippen LogP contribution in [-0.4, -0.2) is 34.0 Å². The average molecular weight is 394 g/mol. The Morgan fingerprint density at radius 1 is 1.37 bits per heavy atom. The normalized spacial score (nSPS) is 25.3. The van der Waals surface area contributed by atoms with Crippen molar-refractivity contribution in [2.75, 3.05) is 6.61 Å². The lowest BCUT2D eigenvalue weighted by Gasteiger charge is -2.70. The SMILES string of the molecule is Cc1noc(C(=O)CC23CC(NC(=O)COc4ccc(Cl)c(F)c4)(C2)C3)n1. The van der Waals surface area contributed by atoms with E-state index in [0.29, 0.717) is 12.2 Å². The summed E-state index contributed by atoms with van der Waals surface area (Å²) in [5, 5.41) is 6.57. The van der Waals surface area contributed by atoms with Crippen molar-refractivity contribution < 1.29 is 23.2 Å². The predicted molar refractivity (Wildman–Crippen MR) is 92.0 cm³/mol. The van der Waals surface area contributed by atoms with E-state index in [9.17, 15) is 14.0 Å². The molecule has 1 aromatic heterocycles. The summed E-state index contributed by atoms with van der Waals surface area (Å²) >= 11 is 5.60. The van der Waals surface area contributed by atoms with Gasteiger partial charge in [-0.15, -0.1) is 0 Å². The number of carbonyl (C=O) groups excluding carboxylic acids is 2. The molecule has 0 aliphatic heterocycles. The van der Waals surface area contributed by atoms with Crippen LogP contribution in [0, 0.1) is 18.2 Å². The maximum absolute atomic E-state index is 13.4. The lowest BCUT2D eigenvalue weighted by Crippen LogP contribution is -2.75. The largest absolute Gasteiger partial charge is 0.484 e. The zero-order valence-corrected chi connectivity index (χ0v) is 15.3. The number of aryl methyl sites for hydroxylation is 1. The van der Waals surface area contributed by atoms with Crippen molar-refractivity contribution >= 4 is 23.3 Å². The quantitative estimate of drug-likeness (QED) is 0.727. The molecule has 1 aromatic carbocycles. The van der Waals surface area contributed by atoms with E-state index < -0.39 is 5.82 Å². The number of carbonyl (C=O) groups is 2. The van der Waals surface area contributed by atoms with Gasteiger partial charge in [-0.1, -0.05) is 16.8 Å². The van der Waals surface area contributed by atoms with E-state index >= 15 is 0 Å². The molecular formula is C18H17ClFN3O4. The number of aromatic nitrogens is 2. The summed E-state index contributed by atoms with van der Waals surface area (Å²) < 4.78 is 23.6. The Kier molecular flexibility index (Phi) is 4.18. The number of benzene rings is 1. The molecular weight excluding hydrogens is 377 g/mol. The topological polar surface area (TPSA) is 94.3 Å². The van der Waals surface area contributed by atoms with E-state index in [1.54, 1.807) is 6.92 Å². The van der Waals surface area contributed by atoms with Gasteiger partial charge in [-0.05, 0) is 43.7 Å². The molecule has 5 rings (SSSR count). The number of rotatable bonds is 7. The summed E-state index contributed by atoms with van der Waals surface area (Å²) in [6.07, 6.45) is 2.55. The molecule has 142 valence electrons. The fraction of sp³-hybridized carbons (Fsp3) is 0.444. The minimum atomic E-state index is -0.600. The summed E-state index contributed by atoms with van der Waals surface area (Å²) in [4.78, 5) is 28.2. The molecule has 1 amide bonds. The number of Topliss-reactive ketones (excluding diaryl/α,β-unsaturated/α-hetero) is 1. The van der Waals surface area contributed by atoms with Crippen molar-refractivity contribution in [3.05, 3.63) is 40.8 Å². The van der Waals surface area contributed by atoms with Gasteiger partial charge in [-0.3, -0.25) is 9.59 Å². The summed E-state index contributed by atoms with van der Waals surface area (Å²) in [5.41, 5.74) is -0.358. The Morgan fingerprint density at radius 2 is 2.11 bits per heavy atom. The van der Waals surface area contributed by atoms with Crippen LogP contribution >= 0.6 is 11.6 Å². The van der Waals surface area contributed by atoms with Gasteiger partial charge in [0.1, 0.15) is 11.6 Å². The molecule has 27 heavy (non-hydrogen) atoms. The number of nitrogens with zero attached hydrogens (tertiary/aromatic N) is 2. The zero-order valence-electron chi connectivity index (χ0n) is 14.6.